The van der Waals surface area contributed by atoms with Crippen LogP contribution in [0.1, 0.15) is 44.8 Å². The highest BCUT2D eigenvalue weighted by Crippen LogP contribution is 2.42. The van der Waals surface area contributed by atoms with E-state index in [1.165, 1.54) is 0 Å². The van der Waals surface area contributed by atoms with E-state index in [0.717, 1.165) is 33.8 Å². The van der Waals surface area contributed by atoms with E-state index in [1.54, 1.807) is 0 Å². The molecule has 4 rings (SSSR count). The number of benzene rings is 1. The minimum atomic E-state index is -0.281. The van der Waals surface area contributed by atoms with Crippen LogP contribution in [0, 0.1) is 0 Å². The van der Waals surface area contributed by atoms with E-state index >= 15 is 0 Å². The van der Waals surface area contributed by atoms with Gasteiger partial charge < -0.3 is 4.57 Å². The number of fused-ring (bicyclic) bond motifs is 2. The van der Waals surface area contributed by atoms with Gasteiger partial charge >= 0.3 is 0 Å². The van der Waals surface area contributed by atoms with Crippen molar-refractivity contribution >= 4 is 16.7 Å². The lowest BCUT2D eigenvalue weighted by Gasteiger charge is -2.41. The van der Waals surface area contributed by atoms with Crippen LogP contribution < -0.4 is 0 Å². The normalized spacial score (nSPS) is 18.3. The molecule has 5 heteroatoms. The van der Waals surface area contributed by atoms with Crippen LogP contribution in [0.3, 0.4) is 0 Å². The summed E-state index contributed by atoms with van der Waals surface area (Å²) in [6, 6.07) is 7.90. The molecule has 5 nitrogen and oxygen atoms in total. The van der Waals surface area contributed by atoms with Crippen molar-refractivity contribution in [2.75, 3.05) is 0 Å². The number of aryl methyl sites for hydroxylation is 1. The Morgan fingerprint density at radius 1 is 0.958 bits per heavy atom. The molecule has 1 aliphatic rings. The number of rotatable bonds is 1. The average Bonchev–Trinajstić information content (AvgIpc) is 2.93. The van der Waals surface area contributed by atoms with Crippen molar-refractivity contribution in [2.45, 2.75) is 38.6 Å². The smallest absolute Gasteiger partial charge is 0.111 e. The lowest BCUT2D eigenvalue weighted by atomic mass is 9.69. The van der Waals surface area contributed by atoms with Crippen molar-refractivity contribution in [1.29, 1.82) is 0 Å². The van der Waals surface area contributed by atoms with Crippen LogP contribution in [0.25, 0.3) is 11.0 Å². The standard InChI is InChI=1S/C19H21N5/c1-18(2)17-16(24(5)11-21-17)15(23-19(18,3)4)14-10-20-12-8-6-7-9-13(12)22-14/h6-11H,1-5H3. The van der Waals surface area contributed by atoms with Gasteiger partial charge in [-0.05, 0) is 26.0 Å². The minimum Gasteiger partial charge on any atom is -0.332 e. The predicted octanol–water partition coefficient (Wildman–Crippen LogP) is 3.27. The van der Waals surface area contributed by atoms with E-state index < -0.39 is 0 Å². The zero-order valence-electron chi connectivity index (χ0n) is 14.7. The fourth-order valence-corrected chi connectivity index (χ4v) is 3.18. The molecule has 0 N–H and O–H groups in total. The predicted molar refractivity (Wildman–Crippen MR) is 95.5 cm³/mol. The summed E-state index contributed by atoms with van der Waals surface area (Å²) in [5.74, 6) is 0. The number of nitrogens with zero attached hydrogens (tertiary/aromatic N) is 5. The Bertz CT molecular complexity index is 978. The number of para-hydroxylation sites is 2. The van der Waals surface area contributed by atoms with Crippen molar-refractivity contribution in [3.05, 3.63) is 53.9 Å². The summed E-state index contributed by atoms with van der Waals surface area (Å²) >= 11 is 0. The number of hydrogen-bond donors (Lipinski definition) is 0. The lowest BCUT2D eigenvalue weighted by molar-refractivity contribution is 0.296. The largest absolute Gasteiger partial charge is 0.332 e. The summed E-state index contributed by atoms with van der Waals surface area (Å²) < 4.78 is 2.03. The average molecular weight is 319 g/mol. The zero-order valence-corrected chi connectivity index (χ0v) is 14.7. The Morgan fingerprint density at radius 3 is 2.42 bits per heavy atom. The third kappa shape index (κ3) is 1.94. The fraction of sp³-hybridized carbons (Fsp3) is 0.368. The molecule has 0 saturated heterocycles. The molecule has 3 heterocycles. The summed E-state index contributed by atoms with van der Waals surface area (Å²) in [4.78, 5) is 19.1. The molecule has 0 atom stereocenters. The summed E-state index contributed by atoms with van der Waals surface area (Å²) in [5.41, 5.74) is 5.09. The maximum absolute atomic E-state index is 5.07. The summed E-state index contributed by atoms with van der Waals surface area (Å²) in [5, 5.41) is 0. The van der Waals surface area contributed by atoms with Crippen LogP contribution in [-0.4, -0.2) is 30.8 Å². The van der Waals surface area contributed by atoms with E-state index in [2.05, 4.69) is 37.7 Å². The lowest BCUT2D eigenvalue weighted by Crippen LogP contribution is -2.46. The van der Waals surface area contributed by atoms with Crippen LogP contribution in [0.5, 0.6) is 0 Å². The van der Waals surface area contributed by atoms with Crippen LogP contribution in [0.2, 0.25) is 0 Å². The highest BCUT2D eigenvalue weighted by atomic mass is 15.1. The molecule has 0 amide bonds. The highest BCUT2D eigenvalue weighted by Gasteiger charge is 2.46. The zero-order chi connectivity index (χ0) is 17.1. The van der Waals surface area contributed by atoms with E-state index in [-0.39, 0.29) is 11.0 Å². The van der Waals surface area contributed by atoms with E-state index in [9.17, 15) is 0 Å². The molecule has 2 aromatic heterocycles. The quantitative estimate of drug-likeness (QED) is 0.692. The van der Waals surface area contributed by atoms with Crippen molar-refractivity contribution in [3.8, 4) is 0 Å². The maximum atomic E-state index is 5.07. The van der Waals surface area contributed by atoms with Gasteiger partial charge in [-0.15, -0.1) is 0 Å². The van der Waals surface area contributed by atoms with Crippen LogP contribution in [0.15, 0.2) is 41.8 Å². The highest BCUT2D eigenvalue weighted by molar-refractivity contribution is 6.13. The number of aromatic nitrogens is 4. The molecule has 0 aliphatic carbocycles. The van der Waals surface area contributed by atoms with Crippen molar-refractivity contribution in [1.82, 2.24) is 19.5 Å². The van der Waals surface area contributed by atoms with Crippen molar-refractivity contribution in [2.24, 2.45) is 12.0 Å². The summed E-state index contributed by atoms with van der Waals surface area (Å²) in [6.45, 7) is 8.70. The number of hydrogen-bond acceptors (Lipinski definition) is 4. The summed E-state index contributed by atoms with van der Waals surface area (Å²) in [7, 11) is 2.00. The van der Waals surface area contributed by atoms with Crippen LogP contribution in [-0.2, 0) is 12.5 Å². The second kappa shape index (κ2) is 4.72. The Morgan fingerprint density at radius 2 is 1.67 bits per heavy atom. The Hall–Kier alpha value is -2.56. The molecule has 0 radical (unpaired) electrons. The third-order valence-electron chi connectivity index (χ3n) is 5.37. The van der Waals surface area contributed by atoms with Gasteiger partial charge in [0.1, 0.15) is 11.4 Å². The first-order chi connectivity index (χ1) is 11.3. The minimum absolute atomic E-state index is 0.155. The SMILES string of the molecule is Cn1cnc2c1C(c1cnc3ccccc3n1)=NC(C)(C)C2(C)C. The van der Waals surface area contributed by atoms with Gasteiger partial charge in [-0.25, -0.2) is 9.97 Å². The molecule has 0 bridgehead atoms. The van der Waals surface area contributed by atoms with Gasteiger partial charge in [0.2, 0.25) is 0 Å². The number of aliphatic imine (C=N–C) groups is 1. The van der Waals surface area contributed by atoms with E-state index in [0.29, 0.717) is 0 Å². The third-order valence-corrected chi connectivity index (χ3v) is 5.37. The molecule has 0 unspecified atom stereocenters. The first kappa shape index (κ1) is 15.0. The van der Waals surface area contributed by atoms with Crippen LogP contribution >= 0.6 is 0 Å². The Kier molecular flexibility index (Phi) is 2.95. The maximum Gasteiger partial charge on any atom is 0.111 e. The molecule has 1 aromatic carbocycles. The Balaban J connectivity index is 1.99. The molecule has 24 heavy (non-hydrogen) atoms. The number of imidazole rings is 1. The van der Waals surface area contributed by atoms with Crippen molar-refractivity contribution in [3.63, 3.8) is 0 Å². The second-order valence-electron chi connectivity index (χ2n) is 7.44. The molecule has 0 spiro atoms. The first-order valence-corrected chi connectivity index (χ1v) is 8.15. The van der Waals surface area contributed by atoms with Crippen molar-refractivity contribution < 1.29 is 0 Å². The van der Waals surface area contributed by atoms with Crippen LogP contribution in [0.4, 0.5) is 0 Å². The molecule has 122 valence electrons. The topological polar surface area (TPSA) is 56.0 Å². The second-order valence-corrected chi connectivity index (χ2v) is 7.44. The molecule has 3 aromatic rings. The molecular weight excluding hydrogens is 298 g/mol. The molecule has 0 fully saturated rings. The first-order valence-electron chi connectivity index (χ1n) is 8.15. The van der Waals surface area contributed by atoms with Gasteiger partial charge in [-0.3, -0.25) is 9.98 Å². The van der Waals surface area contributed by atoms with E-state index in [4.69, 9.17) is 9.98 Å². The monoisotopic (exact) mass is 319 g/mol. The van der Waals surface area contributed by atoms with Gasteiger partial charge in [0, 0.05) is 12.5 Å². The molecular formula is C19H21N5. The van der Waals surface area contributed by atoms with Gasteiger partial charge in [-0.2, -0.15) is 0 Å². The summed E-state index contributed by atoms with van der Waals surface area (Å²) in [6.07, 6.45) is 3.67. The molecule has 0 saturated carbocycles. The van der Waals surface area contributed by atoms with Gasteiger partial charge in [-0.1, -0.05) is 26.0 Å². The van der Waals surface area contributed by atoms with Gasteiger partial charge in [0.25, 0.3) is 0 Å². The Labute approximate surface area is 141 Å². The molecule has 1 aliphatic heterocycles. The fourth-order valence-electron chi connectivity index (χ4n) is 3.18. The van der Waals surface area contributed by atoms with Gasteiger partial charge in [0.15, 0.2) is 0 Å². The van der Waals surface area contributed by atoms with E-state index in [1.807, 2.05) is 48.4 Å². The van der Waals surface area contributed by atoms with Gasteiger partial charge in [0.05, 0.1) is 40.5 Å².